The van der Waals surface area contributed by atoms with Crippen molar-refractivity contribution in [3.63, 3.8) is 0 Å². The van der Waals surface area contributed by atoms with Crippen molar-refractivity contribution in [1.82, 2.24) is 10.2 Å². The Kier molecular flexibility index (Phi) is 2.40. The molecule has 0 atom stereocenters. The summed E-state index contributed by atoms with van der Waals surface area (Å²) in [7, 11) is 0. The Morgan fingerprint density at radius 3 is 2.88 bits per heavy atom. The minimum Gasteiger partial charge on any atom is -0.381 e. The van der Waals surface area contributed by atoms with Gasteiger partial charge in [-0.25, -0.2) is 4.39 Å². The fraction of sp³-hybridized carbons (Fsp3) is 0.462. The van der Waals surface area contributed by atoms with E-state index in [-0.39, 0.29) is 0 Å². The van der Waals surface area contributed by atoms with Crippen molar-refractivity contribution >= 4 is 10.9 Å². The average molecular weight is 234 g/mol. The Balaban J connectivity index is 2.11. The van der Waals surface area contributed by atoms with Gasteiger partial charge in [0, 0.05) is 31.4 Å². The van der Waals surface area contributed by atoms with Crippen LogP contribution in [0.5, 0.6) is 0 Å². The van der Waals surface area contributed by atoms with E-state index in [0.29, 0.717) is 26.1 Å². The summed E-state index contributed by atoms with van der Waals surface area (Å²) in [5.41, 5.74) is 1.41. The van der Waals surface area contributed by atoms with Crippen LogP contribution in [-0.2, 0) is 10.4 Å². The zero-order valence-corrected chi connectivity index (χ0v) is 9.79. The Labute approximate surface area is 99.0 Å². The van der Waals surface area contributed by atoms with E-state index in [9.17, 15) is 4.39 Å². The molecule has 0 bridgehead atoms. The Morgan fingerprint density at radius 1 is 1.35 bits per heavy atom. The van der Waals surface area contributed by atoms with Gasteiger partial charge in [-0.15, -0.1) is 0 Å². The van der Waals surface area contributed by atoms with Crippen molar-refractivity contribution in [3.8, 4) is 0 Å². The van der Waals surface area contributed by atoms with Gasteiger partial charge in [0.25, 0.3) is 0 Å². The van der Waals surface area contributed by atoms with E-state index in [1.165, 1.54) is 0 Å². The van der Waals surface area contributed by atoms with Crippen LogP contribution < -0.4 is 0 Å². The van der Waals surface area contributed by atoms with Gasteiger partial charge >= 0.3 is 0 Å². The molecule has 1 fully saturated rings. The SMILES string of the molecule is Cc1cc2cn[nH]c2cc1C1(F)CCOCC1. The van der Waals surface area contributed by atoms with Gasteiger partial charge in [0.2, 0.25) is 0 Å². The molecule has 0 saturated carbocycles. The topological polar surface area (TPSA) is 37.9 Å². The van der Waals surface area contributed by atoms with Gasteiger partial charge in [-0.05, 0) is 30.2 Å². The van der Waals surface area contributed by atoms with Gasteiger partial charge in [0.15, 0.2) is 0 Å². The first-order chi connectivity index (χ1) is 8.19. The van der Waals surface area contributed by atoms with Crippen LogP contribution in [0.2, 0.25) is 0 Å². The van der Waals surface area contributed by atoms with E-state index >= 15 is 0 Å². The van der Waals surface area contributed by atoms with Crippen molar-refractivity contribution in [2.45, 2.75) is 25.4 Å². The van der Waals surface area contributed by atoms with Gasteiger partial charge in [0.05, 0.1) is 11.7 Å². The molecule has 1 aromatic heterocycles. The first-order valence-electron chi connectivity index (χ1n) is 5.90. The minimum absolute atomic E-state index is 0.438. The van der Waals surface area contributed by atoms with E-state index in [4.69, 9.17) is 4.74 Å². The molecular weight excluding hydrogens is 219 g/mol. The number of alkyl halides is 1. The van der Waals surface area contributed by atoms with Crippen LogP contribution in [0.4, 0.5) is 4.39 Å². The van der Waals surface area contributed by atoms with Crippen LogP contribution >= 0.6 is 0 Å². The lowest BCUT2D eigenvalue weighted by Gasteiger charge is -2.31. The second kappa shape index (κ2) is 3.81. The molecule has 1 aromatic carbocycles. The molecule has 1 saturated heterocycles. The van der Waals surface area contributed by atoms with Crippen molar-refractivity contribution < 1.29 is 9.13 Å². The molecule has 0 spiro atoms. The number of aryl methyl sites for hydroxylation is 1. The van der Waals surface area contributed by atoms with Gasteiger partial charge in [-0.1, -0.05) is 0 Å². The molecule has 17 heavy (non-hydrogen) atoms. The third-order valence-electron chi connectivity index (χ3n) is 3.55. The van der Waals surface area contributed by atoms with Crippen LogP contribution in [0, 0.1) is 6.92 Å². The highest BCUT2D eigenvalue weighted by Gasteiger charge is 2.35. The number of hydrogen-bond acceptors (Lipinski definition) is 2. The lowest BCUT2D eigenvalue weighted by molar-refractivity contribution is -0.0117. The zero-order chi connectivity index (χ0) is 11.9. The van der Waals surface area contributed by atoms with E-state index in [1.807, 2.05) is 19.1 Å². The highest BCUT2D eigenvalue weighted by atomic mass is 19.1. The normalized spacial score (nSPS) is 19.6. The van der Waals surface area contributed by atoms with Crippen LogP contribution in [0.25, 0.3) is 10.9 Å². The van der Waals surface area contributed by atoms with E-state index in [1.54, 1.807) is 6.20 Å². The zero-order valence-electron chi connectivity index (χ0n) is 9.79. The number of nitrogens with zero attached hydrogens (tertiary/aromatic N) is 1. The maximum atomic E-state index is 14.9. The largest absolute Gasteiger partial charge is 0.381 e. The fourth-order valence-corrected chi connectivity index (χ4v) is 2.55. The number of aromatic amines is 1. The number of nitrogens with one attached hydrogen (secondary N) is 1. The third kappa shape index (κ3) is 1.72. The number of halogens is 1. The summed E-state index contributed by atoms with van der Waals surface area (Å²) in [4.78, 5) is 0. The maximum Gasteiger partial charge on any atom is 0.140 e. The van der Waals surface area contributed by atoms with E-state index < -0.39 is 5.67 Å². The number of hydrogen-bond donors (Lipinski definition) is 1. The number of ether oxygens (including phenoxy) is 1. The predicted molar refractivity (Wildman–Crippen MR) is 63.7 cm³/mol. The van der Waals surface area contributed by atoms with Crippen molar-refractivity contribution in [3.05, 3.63) is 29.5 Å². The van der Waals surface area contributed by atoms with E-state index in [0.717, 1.165) is 22.0 Å². The summed E-state index contributed by atoms with van der Waals surface area (Å²) in [5, 5.41) is 7.90. The fourth-order valence-electron chi connectivity index (χ4n) is 2.55. The highest BCUT2D eigenvalue weighted by molar-refractivity contribution is 5.80. The molecule has 1 aliphatic rings. The summed E-state index contributed by atoms with van der Waals surface area (Å²) >= 11 is 0. The van der Waals surface area contributed by atoms with Crippen LogP contribution in [0.1, 0.15) is 24.0 Å². The molecule has 1 aliphatic heterocycles. The van der Waals surface area contributed by atoms with Crippen LogP contribution in [-0.4, -0.2) is 23.4 Å². The standard InChI is InChI=1S/C13H15FN2O/c1-9-6-10-8-15-16-12(10)7-11(9)13(14)2-4-17-5-3-13/h6-8H,2-5H2,1H3,(H,15,16). The average Bonchev–Trinajstić information content (AvgIpc) is 2.76. The lowest BCUT2D eigenvalue weighted by atomic mass is 9.85. The van der Waals surface area contributed by atoms with Crippen molar-refractivity contribution in [2.24, 2.45) is 0 Å². The molecule has 1 N–H and O–H groups in total. The predicted octanol–water partition coefficient (Wildman–Crippen LogP) is 2.85. The molecule has 4 heteroatoms. The van der Waals surface area contributed by atoms with Gasteiger partial charge < -0.3 is 4.74 Å². The highest BCUT2D eigenvalue weighted by Crippen LogP contribution is 2.39. The summed E-state index contributed by atoms with van der Waals surface area (Å²) < 4.78 is 20.1. The maximum absolute atomic E-state index is 14.9. The Hall–Kier alpha value is -1.42. The second-order valence-electron chi connectivity index (χ2n) is 4.70. The summed E-state index contributed by atoms with van der Waals surface area (Å²) in [6.45, 7) is 2.95. The molecule has 2 heterocycles. The molecule has 0 aliphatic carbocycles. The number of H-pyrrole nitrogens is 1. The second-order valence-corrected chi connectivity index (χ2v) is 4.70. The smallest absolute Gasteiger partial charge is 0.140 e. The lowest BCUT2D eigenvalue weighted by Crippen LogP contribution is -2.30. The summed E-state index contributed by atoms with van der Waals surface area (Å²) in [5.74, 6) is 0. The van der Waals surface area contributed by atoms with Gasteiger partial charge in [-0.2, -0.15) is 5.10 Å². The van der Waals surface area contributed by atoms with Gasteiger partial charge in [-0.3, -0.25) is 5.10 Å². The quantitative estimate of drug-likeness (QED) is 0.823. The molecule has 3 rings (SSSR count). The number of benzene rings is 1. The molecule has 0 unspecified atom stereocenters. The molecule has 2 aromatic rings. The molecule has 90 valence electrons. The molecule has 3 nitrogen and oxygen atoms in total. The number of rotatable bonds is 1. The minimum atomic E-state index is -1.25. The molecule has 0 amide bonds. The first-order valence-corrected chi connectivity index (χ1v) is 5.90. The monoisotopic (exact) mass is 234 g/mol. The Bertz CT molecular complexity index is 543. The number of aromatic nitrogens is 2. The van der Waals surface area contributed by atoms with E-state index in [2.05, 4.69) is 10.2 Å². The van der Waals surface area contributed by atoms with Crippen molar-refractivity contribution in [1.29, 1.82) is 0 Å². The van der Waals surface area contributed by atoms with Crippen LogP contribution in [0.15, 0.2) is 18.3 Å². The molecule has 0 radical (unpaired) electrons. The Morgan fingerprint density at radius 2 is 2.12 bits per heavy atom. The summed E-state index contributed by atoms with van der Waals surface area (Å²) in [6.07, 6.45) is 2.64. The van der Waals surface area contributed by atoms with Crippen LogP contribution in [0.3, 0.4) is 0 Å². The third-order valence-corrected chi connectivity index (χ3v) is 3.55. The molecular formula is C13H15FN2O. The first kappa shape index (κ1) is 10.7. The number of fused-ring (bicyclic) bond motifs is 1. The summed E-state index contributed by atoms with van der Waals surface area (Å²) in [6, 6.07) is 3.88. The van der Waals surface area contributed by atoms with Gasteiger partial charge in [0.1, 0.15) is 5.67 Å². The van der Waals surface area contributed by atoms with Crippen molar-refractivity contribution in [2.75, 3.05) is 13.2 Å².